The normalized spacial score (nSPS) is 20.6. The molecule has 0 amide bonds. The molecule has 12 heteroatoms. The van der Waals surface area contributed by atoms with Gasteiger partial charge in [0, 0.05) is 12.0 Å². The van der Waals surface area contributed by atoms with Crippen LogP contribution in [-0.2, 0) is 10.0 Å². The van der Waals surface area contributed by atoms with Crippen LogP contribution in [0.3, 0.4) is 0 Å². The van der Waals surface area contributed by atoms with Crippen LogP contribution in [0.4, 0.5) is 26.3 Å². The molecule has 1 aromatic carbocycles. The predicted molar refractivity (Wildman–Crippen MR) is 73.3 cm³/mol. The van der Waals surface area contributed by atoms with E-state index >= 15 is 0 Å². The van der Waals surface area contributed by atoms with E-state index in [9.17, 15) is 34.8 Å². The van der Waals surface area contributed by atoms with Crippen molar-refractivity contribution in [1.82, 2.24) is 4.72 Å². The summed E-state index contributed by atoms with van der Waals surface area (Å²) in [6.45, 7) is 3.01. The summed E-state index contributed by atoms with van der Waals surface area (Å²) in [4.78, 5) is 0. The second kappa shape index (κ2) is 5.94. The van der Waals surface area contributed by atoms with Gasteiger partial charge in [-0.25, -0.2) is 8.42 Å². The van der Waals surface area contributed by atoms with Crippen molar-refractivity contribution in [2.75, 3.05) is 0 Å². The highest BCUT2D eigenvalue weighted by Crippen LogP contribution is 2.42. The third-order valence-corrected chi connectivity index (χ3v) is 4.48. The van der Waals surface area contributed by atoms with Gasteiger partial charge in [0.1, 0.15) is 17.1 Å². The van der Waals surface area contributed by atoms with E-state index in [-0.39, 0.29) is 17.7 Å². The van der Waals surface area contributed by atoms with Crippen LogP contribution in [0.15, 0.2) is 18.2 Å². The molecule has 1 atom stereocenters. The van der Waals surface area contributed by atoms with Crippen molar-refractivity contribution in [2.45, 2.75) is 43.8 Å². The largest absolute Gasteiger partial charge is 0.573 e. The van der Waals surface area contributed by atoms with Crippen LogP contribution >= 0.6 is 0 Å². The SMILES string of the molecule is CC1(C)C[C@H](NS(=O)(=O)C(F)(F)F)c2cc(OC(F)(F)F)ccc2O1. The molecule has 0 fully saturated rings. The van der Waals surface area contributed by atoms with E-state index in [1.165, 1.54) is 18.6 Å². The third kappa shape index (κ3) is 4.69. The van der Waals surface area contributed by atoms with Gasteiger partial charge in [0.25, 0.3) is 0 Å². The lowest BCUT2D eigenvalue weighted by Gasteiger charge is -2.38. The lowest BCUT2D eigenvalue weighted by Crippen LogP contribution is -2.44. The Bertz CT molecular complexity index is 757. The van der Waals surface area contributed by atoms with Gasteiger partial charge in [-0.2, -0.15) is 17.9 Å². The topological polar surface area (TPSA) is 64.6 Å². The molecular formula is C13H13F6NO4S. The third-order valence-electron chi connectivity index (χ3n) is 3.27. The second-order valence-corrected chi connectivity index (χ2v) is 7.64. The number of benzene rings is 1. The van der Waals surface area contributed by atoms with Gasteiger partial charge in [-0.1, -0.05) is 0 Å². The Kier molecular flexibility index (Phi) is 4.66. The number of ether oxygens (including phenoxy) is 2. The minimum atomic E-state index is -5.71. The van der Waals surface area contributed by atoms with Crippen LogP contribution in [0.5, 0.6) is 11.5 Å². The average molecular weight is 393 g/mol. The molecule has 1 aliphatic heterocycles. The lowest BCUT2D eigenvalue weighted by molar-refractivity contribution is -0.274. The van der Waals surface area contributed by atoms with Crippen LogP contribution in [0.2, 0.25) is 0 Å². The van der Waals surface area contributed by atoms with Gasteiger partial charge in [-0.15, -0.1) is 13.2 Å². The minimum Gasteiger partial charge on any atom is -0.487 e. The minimum absolute atomic E-state index is 0.0411. The van der Waals surface area contributed by atoms with Crippen molar-refractivity contribution in [1.29, 1.82) is 0 Å². The zero-order valence-corrected chi connectivity index (χ0v) is 13.6. The fourth-order valence-electron chi connectivity index (χ4n) is 2.39. The standard InChI is InChI=1S/C13H13F6NO4S/c1-11(2)6-9(20-25(21,22)13(17,18)19)8-5-7(23-12(14,15)16)3-4-10(8)24-11/h3-5,9,20H,6H2,1-2H3/t9-/m0/s1. The monoisotopic (exact) mass is 393 g/mol. The number of alkyl halides is 6. The zero-order chi connectivity index (χ0) is 19.3. The summed E-state index contributed by atoms with van der Waals surface area (Å²) in [6.07, 6.45) is -5.24. The molecule has 1 aliphatic rings. The highest BCUT2D eigenvalue weighted by molar-refractivity contribution is 7.90. The highest BCUT2D eigenvalue weighted by Gasteiger charge is 2.48. The van der Waals surface area contributed by atoms with Gasteiger partial charge in [-0.05, 0) is 32.0 Å². The van der Waals surface area contributed by atoms with E-state index < -0.39 is 39.3 Å². The van der Waals surface area contributed by atoms with E-state index in [1.807, 2.05) is 0 Å². The van der Waals surface area contributed by atoms with Gasteiger partial charge in [0.2, 0.25) is 0 Å². The molecule has 0 aliphatic carbocycles. The molecule has 142 valence electrons. The van der Waals surface area contributed by atoms with E-state index in [0.29, 0.717) is 0 Å². The molecular weight excluding hydrogens is 380 g/mol. The number of halogens is 6. The fourth-order valence-corrected chi connectivity index (χ4v) is 3.11. The van der Waals surface area contributed by atoms with Crippen LogP contribution < -0.4 is 14.2 Å². The number of nitrogens with one attached hydrogen (secondary N) is 1. The Morgan fingerprint density at radius 2 is 1.80 bits per heavy atom. The summed E-state index contributed by atoms with van der Waals surface area (Å²) in [5.41, 5.74) is -6.79. The molecule has 0 radical (unpaired) electrons. The average Bonchev–Trinajstić information content (AvgIpc) is 2.35. The molecule has 0 aromatic heterocycles. The van der Waals surface area contributed by atoms with E-state index in [0.717, 1.165) is 18.2 Å². The first-order valence-corrected chi connectivity index (χ1v) is 8.25. The molecule has 1 aromatic rings. The van der Waals surface area contributed by atoms with Crippen LogP contribution in [0.1, 0.15) is 31.9 Å². The summed E-state index contributed by atoms with van der Waals surface area (Å²) in [7, 11) is -5.71. The number of hydrogen-bond donors (Lipinski definition) is 1. The Labute approximate surface area is 139 Å². The number of rotatable bonds is 3. The maximum absolute atomic E-state index is 12.6. The molecule has 0 saturated carbocycles. The molecule has 0 unspecified atom stereocenters. The lowest BCUT2D eigenvalue weighted by atomic mass is 9.90. The Balaban J connectivity index is 2.44. The Morgan fingerprint density at radius 3 is 2.32 bits per heavy atom. The Morgan fingerprint density at radius 1 is 1.20 bits per heavy atom. The predicted octanol–water partition coefficient (Wildman–Crippen LogP) is 3.63. The highest BCUT2D eigenvalue weighted by atomic mass is 32.2. The van der Waals surface area contributed by atoms with E-state index in [2.05, 4.69) is 4.74 Å². The first kappa shape index (κ1) is 19.6. The van der Waals surface area contributed by atoms with Crippen molar-refractivity contribution in [2.24, 2.45) is 0 Å². The maximum Gasteiger partial charge on any atom is 0.573 e. The Hall–Kier alpha value is -1.69. The summed E-state index contributed by atoms with van der Waals surface area (Å²) in [5.74, 6) is -0.744. The molecule has 0 spiro atoms. The molecule has 1 N–H and O–H groups in total. The summed E-state index contributed by atoms with van der Waals surface area (Å²) in [5, 5.41) is 0. The zero-order valence-electron chi connectivity index (χ0n) is 12.8. The summed E-state index contributed by atoms with van der Waals surface area (Å²) in [6, 6.07) is 1.35. The van der Waals surface area contributed by atoms with Crippen LogP contribution in [0.25, 0.3) is 0 Å². The van der Waals surface area contributed by atoms with Crippen molar-refractivity contribution in [3.8, 4) is 11.5 Å². The maximum atomic E-state index is 12.6. The molecule has 1 heterocycles. The van der Waals surface area contributed by atoms with Gasteiger partial charge in [0.15, 0.2) is 0 Å². The first-order valence-electron chi connectivity index (χ1n) is 6.77. The van der Waals surface area contributed by atoms with Gasteiger partial charge in [0.05, 0.1) is 6.04 Å². The quantitative estimate of drug-likeness (QED) is 0.797. The van der Waals surface area contributed by atoms with E-state index in [4.69, 9.17) is 4.74 Å². The number of fused-ring (bicyclic) bond motifs is 1. The van der Waals surface area contributed by atoms with Gasteiger partial charge in [-0.3, -0.25) is 0 Å². The summed E-state index contributed by atoms with van der Waals surface area (Å²) < 4.78 is 108. The molecule has 25 heavy (non-hydrogen) atoms. The molecule has 0 bridgehead atoms. The number of sulfonamides is 1. The van der Waals surface area contributed by atoms with Gasteiger partial charge >= 0.3 is 21.9 Å². The fraction of sp³-hybridized carbons (Fsp3) is 0.538. The second-order valence-electron chi connectivity index (χ2n) is 5.93. The first-order chi connectivity index (χ1) is 11.1. The van der Waals surface area contributed by atoms with Crippen LogP contribution in [0, 0.1) is 0 Å². The molecule has 2 rings (SSSR count). The molecule has 5 nitrogen and oxygen atoms in total. The molecule has 0 saturated heterocycles. The van der Waals surface area contributed by atoms with Crippen LogP contribution in [-0.4, -0.2) is 25.9 Å². The smallest absolute Gasteiger partial charge is 0.487 e. The van der Waals surface area contributed by atoms with Gasteiger partial charge < -0.3 is 9.47 Å². The van der Waals surface area contributed by atoms with Crippen molar-refractivity contribution in [3.63, 3.8) is 0 Å². The summed E-state index contributed by atoms with van der Waals surface area (Å²) >= 11 is 0. The van der Waals surface area contributed by atoms with Crippen molar-refractivity contribution in [3.05, 3.63) is 23.8 Å². The van der Waals surface area contributed by atoms with Crippen molar-refractivity contribution >= 4 is 10.0 Å². The number of hydrogen-bond acceptors (Lipinski definition) is 4. The van der Waals surface area contributed by atoms with Crippen molar-refractivity contribution < 1.29 is 44.2 Å². The van der Waals surface area contributed by atoms with E-state index in [1.54, 1.807) is 0 Å².